The number of carbonyl (C=O) groups excluding carboxylic acids is 2. The largest absolute Gasteiger partial charge is 0.487 e. The van der Waals surface area contributed by atoms with Gasteiger partial charge in [0.05, 0.1) is 25.2 Å². The van der Waals surface area contributed by atoms with Crippen LogP contribution in [-0.2, 0) is 16.2 Å². The zero-order valence-corrected chi connectivity index (χ0v) is 23.2. The number of allylic oxidation sites excluding steroid dienone is 2. The number of imide groups is 1. The fourth-order valence-corrected chi connectivity index (χ4v) is 8.10. The molecule has 2 aromatic rings. The molecule has 6 atom stereocenters. The second-order valence-corrected chi connectivity index (χ2v) is 12.4. The third kappa shape index (κ3) is 3.80. The van der Waals surface area contributed by atoms with E-state index in [0.717, 1.165) is 39.9 Å². The smallest absolute Gasteiger partial charge is 0.254 e. The lowest BCUT2D eigenvalue weighted by Gasteiger charge is -2.37. The number of amides is 2. The molecule has 7 rings (SSSR count). The predicted molar refractivity (Wildman–Crippen MR) is 144 cm³/mol. The van der Waals surface area contributed by atoms with E-state index < -0.39 is 0 Å². The molecule has 1 saturated heterocycles. The van der Waals surface area contributed by atoms with Crippen LogP contribution in [0.25, 0.3) is 0 Å². The highest BCUT2D eigenvalue weighted by molar-refractivity contribution is 14.1. The third-order valence-corrected chi connectivity index (χ3v) is 9.41. The molecule has 33 heavy (non-hydrogen) atoms. The number of hydrogen-bond donors (Lipinski definition) is 0. The molecule has 5 aliphatic rings. The lowest BCUT2D eigenvalue weighted by atomic mass is 9.63. The third-order valence-electron chi connectivity index (χ3n) is 7.28. The Kier molecular flexibility index (Phi) is 5.68. The number of hydrazone groups is 1. The standard InChI is InChI=1S/C25H19BrI2N2O3/c26-14-3-1-12(2-4-14)11-33-23-19(27)7-13(8-20(23)28)10-29-30-24(31)21-15-5-6-16(18-9-17(15)18)22(21)25(30)32/h1-8,10,15-18,21-22H,9,11H2/t15-,16-,17-,18-,21+,22+/m0/s1. The summed E-state index contributed by atoms with van der Waals surface area (Å²) < 4.78 is 9.01. The fourth-order valence-electron chi connectivity index (χ4n) is 5.71. The van der Waals surface area contributed by atoms with Gasteiger partial charge in [-0.05, 0) is 111 Å². The van der Waals surface area contributed by atoms with Crippen molar-refractivity contribution in [3.8, 4) is 5.75 Å². The van der Waals surface area contributed by atoms with Crippen molar-refractivity contribution in [2.24, 2.45) is 40.6 Å². The maximum atomic E-state index is 13.1. The minimum absolute atomic E-state index is 0.134. The molecule has 0 radical (unpaired) electrons. The van der Waals surface area contributed by atoms with Gasteiger partial charge in [0, 0.05) is 4.47 Å². The van der Waals surface area contributed by atoms with Crippen molar-refractivity contribution in [1.29, 1.82) is 0 Å². The molecule has 1 heterocycles. The molecule has 0 aromatic heterocycles. The Bertz CT molecular complexity index is 1170. The van der Waals surface area contributed by atoms with Crippen molar-refractivity contribution < 1.29 is 14.3 Å². The van der Waals surface area contributed by atoms with Gasteiger partial charge in [0.1, 0.15) is 12.4 Å². The monoisotopic (exact) mass is 728 g/mol. The normalized spacial score (nSPS) is 31.3. The van der Waals surface area contributed by atoms with E-state index in [0.29, 0.717) is 18.4 Å². The fraction of sp³-hybridized carbons (Fsp3) is 0.320. The zero-order valence-electron chi connectivity index (χ0n) is 17.3. The maximum Gasteiger partial charge on any atom is 0.254 e. The molecule has 1 aliphatic heterocycles. The molecular weight excluding hydrogens is 710 g/mol. The van der Waals surface area contributed by atoms with Crippen LogP contribution in [0.15, 0.2) is 58.1 Å². The zero-order chi connectivity index (χ0) is 22.9. The molecule has 8 heteroatoms. The topological polar surface area (TPSA) is 59.0 Å². The lowest BCUT2D eigenvalue weighted by molar-refractivity contribution is -0.140. The van der Waals surface area contributed by atoms with Crippen LogP contribution in [-0.4, -0.2) is 23.0 Å². The van der Waals surface area contributed by atoms with Gasteiger partial charge in [-0.2, -0.15) is 10.1 Å². The molecule has 3 fully saturated rings. The van der Waals surface area contributed by atoms with E-state index >= 15 is 0 Å². The number of carbonyl (C=O) groups is 2. The van der Waals surface area contributed by atoms with Crippen LogP contribution in [0.5, 0.6) is 5.75 Å². The Hall–Kier alpha value is -1.27. The summed E-state index contributed by atoms with van der Waals surface area (Å²) in [5.74, 6) is 1.72. The number of halogens is 3. The van der Waals surface area contributed by atoms with Crippen LogP contribution in [0.1, 0.15) is 17.5 Å². The molecule has 4 aliphatic carbocycles. The Morgan fingerprint density at radius 2 is 1.58 bits per heavy atom. The SMILES string of the molecule is O=C1[C@@H]2[C@H]3C=C[C@@H]([C@@H]4C[C@@H]34)[C@H]2C(=O)N1N=Cc1cc(I)c(OCc2ccc(Br)cc2)c(I)c1. The minimum Gasteiger partial charge on any atom is -0.487 e. The summed E-state index contributed by atoms with van der Waals surface area (Å²) in [6.07, 6.45) is 7.13. The maximum absolute atomic E-state index is 13.1. The van der Waals surface area contributed by atoms with Crippen molar-refractivity contribution in [2.75, 3.05) is 0 Å². The highest BCUT2D eigenvalue weighted by Crippen LogP contribution is 2.65. The van der Waals surface area contributed by atoms with Crippen molar-refractivity contribution in [3.05, 3.63) is 71.3 Å². The van der Waals surface area contributed by atoms with Gasteiger partial charge < -0.3 is 4.74 Å². The van der Waals surface area contributed by atoms with Crippen LogP contribution in [0.3, 0.4) is 0 Å². The predicted octanol–water partition coefficient (Wildman–Crippen LogP) is 5.62. The van der Waals surface area contributed by atoms with E-state index in [4.69, 9.17) is 4.74 Å². The highest BCUT2D eigenvalue weighted by atomic mass is 127. The molecule has 2 bridgehead atoms. The summed E-state index contributed by atoms with van der Waals surface area (Å²) in [5, 5.41) is 5.49. The summed E-state index contributed by atoms with van der Waals surface area (Å²) in [5.41, 5.74) is 1.92. The molecule has 0 spiro atoms. The average molecular weight is 729 g/mol. The van der Waals surface area contributed by atoms with E-state index in [9.17, 15) is 9.59 Å². The van der Waals surface area contributed by atoms with E-state index in [-0.39, 0.29) is 35.5 Å². The summed E-state index contributed by atoms with van der Waals surface area (Å²) in [4.78, 5) is 26.2. The van der Waals surface area contributed by atoms with Gasteiger partial charge in [0.2, 0.25) is 0 Å². The molecule has 2 aromatic carbocycles. The summed E-state index contributed by atoms with van der Waals surface area (Å²) in [6, 6.07) is 12.0. The number of rotatable bonds is 5. The van der Waals surface area contributed by atoms with Crippen molar-refractivity contribution in [1.82, 2.24) is 5.01 Å². The van der Waals surface area contributed by atoms with Gasteiger partial charge >= 0.3 is 0 Å². The first kappa shape index (κ1) is 22.2. The van der Waals surface area contributed by atoms with Gasteiger partial charge in [-0.3, -0.25) is 9.59 Å². The molecule has 0 N–H and O–H groups in total. The Labute approximate surface area is 227 Å². The van der Waals surface area contributed by atoms with Gasteiger partial charge in [0.15, 0.2) is 0 Å². The number of nitrogens with zero attached hydrogens (tertiary/aromatic N) is 2. The molecule has 2 saturated carbocycles. The second kappa shape index (κ2) is 8.44. The first-order chi connectivity index (χ1) is 15.9. The first-order valence-electron chi connectivity index (χ1n) is 10.9. The van der Waals surface area contributed by atoms with Crippen molar-refractivity contribution in [3.63, 3.8) is 0 Å². The number of ether oxygens (including phenoxy) is 1. The first-order valence-corrected chi connectivity index (χ1v) is 13.8. The molecule has 0 unspecified atom stereocenters. The number of hydrogen-bond acceptors (Lipinski definition) is 4. The van der Waals surface area contributed by atoms with Crippen LogP contribution in [0.4, 0.5) is 0 Å². The molecule has 5 nitrogen and oxygen atoms in total. The molecule has 2 amide bonds. The second-order valence-electron chi connectivity index (χ2n) is 9.12. The van der Waals surface area contributed by atoms with Crippen molar-refractivity contribution >= 4 is 79.1 Å². The Balaban J connectivity index is 1.18. The van der Waals surface area contributed by atoms with E-state index in [2.05, 4.69) is 78.4 Å². The van der Waals surface area contributed by atoms with E-state index in [1.54, 1.807) is 6.21 Å². The Morgan fingerprint density at radius 3 is 2.15 bits per heavy atom. The van der Waals surface area contributed by atoms with Crippen LogP contribution in [0.2, 0.25) is 0 Å². The molecule has 168 valence electrons. The summed E-state index contributed by atoms with van der Waals surface area (Å²) >= 11 is 7.94. The summed E-state index contributed by atoms with van der Waals surface area (Å²) in [7, 11) is 0. The average Bonchev–Trinajstić information content (AvgIpc) is 3.57. The summed E-state index contributed by atoms with van der Waals surface area (Å²) in [6.45, 7) is 0.477. The Morgan fingerprint density at radius 1 is 1.00 bits per heavy atom. The van der Waals surface area contributed by atoms with Gasteiger partial charge in [-0.15, -0.1) is 0 Å². The van der Waals surface area contributed by atoms with Crippen LogP contribution < -0.4 is 4.74 Å². The molecular formula is C25H19BrI2N2O3. The minimum atomic E-state index is -0.219. The van der Waals surface area contributed by atoms with Crippen LogP contribution >= 0.6 is 61.1 Å². The highest BCUT2D eigenvalue weighted by Gasteiger charge is 2.67. The van der Waals surface area contributed by atoms with E-state index in [1.807, 2.05) is 36.4 Å². The van der Waals surface area contributed by atoms with Crippen molar-refractivity contribution in [2.45, 2.75) is 13.0 Å². The quantitative estimate of drug-likeness (QED) is 0.174. The van der Waals surface area contributed by atoms with Gasteiger partial charge in [-0.25, -0.2) is 0 Å². The van der Waals surface area contributed by atoms with Gasteiger partial charge in [-0.1, -0.05) is 40.2 Å². The number of benzene rings is 2. The lowest BCUT2D eigenvalue weighted by Crippen LogP contribution is -2.40. The van der Waals surface area contributed by atoms with Gasteiger partial charge in [0.25, 0.3) is 11.8 Å². The van der Waals surface area contributed by atoms with E-state index in [1.165, 1.54) is 0 Å². The van der Waals surface area contributed by atoms with Crippen LogP contribution in [0, 0.1) is 42.6 Å².